The minimum Gasteiger partial charge on any atom is -0.493 e. The Morgan fingerprint density at radius 2 is 1.84 bits per heavy atom. The first-order valence-electron chi connectivity index (χ1n) is 7.46. The van der Waals surface area contributed by atoms with Gasteiger partial charge in [0.05, 0.1) is 27.9 Å². The molecular formula is C16H23IN4O4. The van der Waals surface area contributed by atoms with Crippen LogP contribution in [0, 0.1) is 0 Å². The molecule has 0 unspecified atom stereocenters. The van der Waals surface area contributed by atoms with Gasteiger partial charge in [-0.25, -0.2) is 4.99 Å². The summed E-state index contributed by atoms with van der Waals surface area (Å²) in [7, 11) is 4.72. The standard InChI is InChI=1S/C16H22N4O4.HI/c1-5-17-16(18-10-11-6-7-24-20-11)19-12-8-13(21-2)15(23-4)14(9-12)22-3;/h6-9H,5,10H2,1-4H3,(H2,17,18,19);1H. The minimum atomic E-state index is 0. The average Bonchev–Trinajstić information content (AvgIpc) is 3.12. The second-order valence-corrected chi connectivity index (χ2v) is 4.72. The summed E-state index contributed by atoms with van der Waals surface area (Å²) in [6, 6.07) is 5.39. The van der Waals surface area contributed by atoms with E-state index in [0.29, 0.717) is 29.8 Å². The Bertz CT molecular complexity index is 652. The molecule has 0 amide bonds. The van der Waals surface area contributed by atoms with E-state index in [4.69, 9.17) is 18.7 Å². The molecule has 25 heavy (non-hydrogen) atoms. The summed E-state index contributed by atoms with van der Waals surface area (Å²) in [6.45, 7) is 3.10. The van der Waals surface area contributed by atoms with E-state index in [1.165, 1.54) is 6.26 Å². The lowest BCUT2D eigenvalue weighted by molar-refractivity contribution is 0.324. The SMILES string of the molecule is CCNC(=NCc1ccon1)Nc1cc(OC)c(OC)c(OC)c1.I. The normalized spacial score (nSPS) is 10.6. The summed E-state index contributed by atoms with van der Waals surface area (Å²) in [6.07, 6.45) is 1.52. The van der Waals surface area contributed by atoms with Crippen LogP contribution in [0.3, 0.4) is 0 Å². The van der Waals surface area contributed by atoms with Gasteiger partial charge >= 0.3 is 0 Å². The van der Waals surface area contributed by atoms with Gasteiger partial charge in [-0.3, -0.25) is 0 Å². The number of ether oxygens (including phenoxy) is 3. The number of methoxy groups -OCH3 is 3. The molecule has 0 atom stereocenters. The predicted molar refractivity (Wildman–Crippen MR) is 106 cm³/mol. The molecule has 2 aromatic rings. The number of rotatable bonds is 7. The Labute approximate surface area is 163 Å². The zero-order valence-electron chi connectivity index (χ0n) is 14.7. The highest BCUT2D eigenvalue weighted by atomic mass is 127. The predicted octanol–water partition coefficient (Wildman–Crippen LogP) is 2.90. The van der Waals surface area contributed by atoms with Crippen LogP contribution < -0.4 is 24.8 Å². The number of halogens is 1. The van der Waals surface area contributed by atoms with Gasteiger partial charge in [-0.05, 0) is 6.92 Å². The molecule has 0 bridgehead atoms. The van der Waals surface area contributed by atoms with Crippen molar-refractivity contribution in [3.05, 3.63) is 30.2 Å². The van der Waals surface area contributed by atoms with Crippen molar-refractivity contribution >= 4 is 35.6 Å². The molecule has 1 aromatic heterocycles. The maximum atomic E-state index is 5.35. The van der Waals surface area contributed by atoms with E-state index in [2.05, 4.69) is 20.8 Å². The van der Waals surface area contributed by atoms with Crippen molar-refractivity contribution < 1.29 is 18.7 Å². The Morgan fingerprint density at radius 1 is 1.16 bits per heavy atom. The first-order valence-corrected chi connectivity index (χ1v) is 7.46. The van der Waals surface area contributed by atoms with E-state index in [0.717, 1.165) is 17.9 Å². The third-order valence-corrected chi connectivity index (χ3v) is 3.16. The van der Waals surface area contributed by atoms with E-state index >= 15 is 0 Å². The van der Waals surface area contributed by atoms with E-state index in [1.807, 2.05) is 19.1 Å². The number of guanidine groups is 1. The largest absolute Gasteiger partial charge is 0.493 e. The Balaban J connectivity index is 0.00000312. The third kappa shape index (κ3) is 5.69. The quantitative estimate of drug-likeness (QED) is 0.372. The van der Waals surface area contributed by atoms with Crippen molar-refractivity contribution in [2.45, 2.75) is 13.5 Å². The van der Waals surface area contributed by atoms with Crippen LogP contribution in [-0.2, 0) is 6.54 Å². The molecule has 1 aromatic carbocycles. The molecule has 138 valence electrons. The van der Waals surface area contributed by atoms with E-state index < -0.39 is 0 Å². The number of nitrogens with zero attached hydrogens (tertiary/aromatic N) is 2. The Hall–Kier alpha value is -2.17. The van der Waals surface area contributed by atoms with Crippen LogP contribution in [0.15, 0.2) is 34.0 Å². The van der Waals surface area contributed by atoms with Gasteiger partial charge in [0.15, 0.2) is 17.5 Å². The van der Waals surface area contributed by atoms with Gasteiger partial charge in [0.1, 0.15) is 12.0 Å². The smallest absolute Gasteiger partial charge is 0.203 e. The molecule has 0 spiro atoms. The molecule has 0 aliphatic heterocycles. The molecule has 0 saturated heterocycles. The molecule has 0 fully saturated rings. The number of benzene rings is 1. The van der Waals surface area contributed by atoms with Crippen LogP contribution in [0.25, 0.3) is 0 Å². The van der Waals surface area contributed by atoms with Crippen LogP contribution in [0.4, 0.5) is 5.69 Å². The molecule has 9 heteroatoms. The fourth-order valence-corrected chi connectivity index (χ4v) is 2.08. The zero-order valence-corrected chi connectivity index (χ0v) is 17.0. The van der Waals surface area contributed by atoms with E-state index in [-0.39, 0.29) is 24.0 Å². The Morgan fingerprint density at radius 3 is 2.32 bits per heavy atom. The first kappa shape index (κ1) is 20.9. The van der Waals surface area contributed by atoms with Crippen LogP contribution >= 0.6 is 24.0 Å². The summed E-state index contributed by atoms with van der Waals surface area (Å²) < 4.78 is 20.8. The lowest BCUT2D eigenvalue weighted by Crippen LogP contribution is -2.30. The number of aliphatic imine (C=N–C) groups is 1. The van der Waals surface area contributed by atoms with Crippen molar-refractivity contribution in [1.82, 2.24) is 10.5 Å². The number of anilines is 1. The topological polar surface area (TPSA) is 90.1 Å². The fourth-order valence-electron chi connectivity index (χ4n) is 2.08. The van der Waals surface area contributed by atoms with Gasteiger partial charge in [0.2, 0.25) is 5.75 Å². The van der Waals surface area contributed by atoms with Crippen molar-refractivity contribution in [1.29, 1.82) is 0 Å². The highest BCUT2D eigenvalue weighted by molar-refractivity contribution is 14.0. The van der Waals surface area contributed by atoms with Gasteiger partial charge in [0.25, 0.3) is 0 Å². The van der Waals surface area contributed by atoms with Crippen LogP contribution in [0.5, 0.6) is 17.2 Å². The Kier molecular flexibility index (Phi) is 8.89. The summed E-state index contributed by atoms with van der Waals surface area (Å²) in [4.78, 5) is 4.46. The van der Waals surface area contributed by atoms with Crippen molar-refractivity contribution in [2.75, 3.05) is 33.2 Å². The molecule has 0 saturated carbocycles. The third-order valence-electron chi connectivity index (χ3n) is 3.16. The van der Waals surface area contributed by atoms with Gasteiger partial charge in [0, 0.05) is 30.4 Å². The average molecular weight is 462 g/mol. The van der Waals surface area contributed by atoms with Crippen LogP contribution in [0.2, 0.25) is 0 Å². The van der Waals surface area contributed by atoms with Crippen LogP contribution in [-0.4, -0.2) is 39.0 Å². The van der Waals surface area contributed by atoms with E-state index in [1.54, 1.807) is 27.4 Å². The van der Waals surface area contributed by atoms with Crippen molar-refractivity contribution in [3.8, 4) is 17.2 Å². The number of hydrogen-bond donors (Lipinski definition) is 2. The molecule has 0 aliphatic carbocycles. The lowest BCUT2D eigenvalue weighted by atomic mass is 10.2. The van der Waals surface area contributed by atoms with Crippen LogP contribution in [0.1, 0.15) is 12.6 Å². The highest BCUT2D eigenvalue weighted by Crippen LogP contribution is 2.39. The summed E-state index contributed by atoms with van der Waals surface area (Å²) in [5.41, 5.74) is 1.50. The molecule has 8 nitrogen and oxygen atoms in total. The fraction of sp³-hybridized carbons (Fsp3) is 0.375. The molecule has 2 rings (SSSR count). The second-order valence-electron chi connectivity index (χ2n) is 4.72. The van der Waals surface area contributed by atoms with Gasteiger partial charge in [-0.1, -0.05) is 5.16 Å². The molecule has 1 heterocycles. The van der Waals surface area contributed by atoms with Gasteiger partial charge in [-0.15, -0.1) is 24.0 Å². The maximum absolute atomic E-state index is 5.35. The monoisotopic (exact) mass is 462 g/mol. The molecule has 0 radical (unpaired) electrons. The lowest BCUT2D eigenvalue weighted by Gasteiger charge is -2.16. The maximum Gasteiger partial charge on any atom is 0.203 e. The number of hydrogen-bond acceptors (Lipinski definition) is 6. The van der Waals surface area contributed by atoms with Gasteiger partial charge < -0.3 is 29.4 Å². The first-order chi connectivity index (χ1) is 11.7. The molecule has 2 N–H and O–H groups in total. The van der Waals surface area contributed by atoms with Crippen molar-refractivity contribution in [3.63, 3.8) is 0 Å². The van der Waals surface area contributed by atoms with Crippen molar-refractivity contribution in [2.24, 2.45) is 4.99 Å². The van der Waals surface area contributed by atoms with E-state index in [9.17, 15) is 0 Å². The molecular weight excluding hydrogens is 439 g/mol. The highest BCUT2D eigenvalue weighted by Gasteiger charge is 2.14. The summed E-state index contributed by atoms with van der Waals surface area (Å²) in [5.74, 6) is 2.27. The minimum absolute atomic E-state index is 0. The second kappa shape index (κ2) is 10.6. The molecule has 0 aliphatic rings. The summed E-state index contributed by atoms with van der Waals surface area (Å²) in [5, 5.41) is 10.2. The van der Waals surface area contributed by atoms with Gasteiger partial charge in [-0.2, -0.15) is 0 Å². The summed E-state index contributed by atoms with van der Waals surface area (Å²) >= 11 is 0. The number of aromatic nitrogens is 1. The number of nitrogens with one attached hydrogen (secondary N) is 2. The zero-order chi connectivity index (χ0) is 17.4.